The summed E-state index contributed by atoms with van der Waals surface area (Å²) in [6.07, 6.45) is 0.622. The quantitative estimate of drug-likeness (QED) is 0.874. The molecule has 0 heterocycles. The first kappa shape index (κ1) is 16.7. The number of aliphatic hydroxyl groups excluding tert-OH is 1. The van der Waals surface area contributed by atoms with Gasteiger partial charge in [-0.05, 0) is 38.0 Å². The second kappa shape index (κ2) is 5.97. The lowest BCUT2D eigenvalue weighted by molar-refractivity contribution is 0.281. The molecule has 1 aromatic carbocycles. The van der Waals surface area contributed by atoms with Gasteiger partial charge in [-0.15, -0.1) is 0 Å². The summed E-state index contributed by atoms with van der Waals surface area (Å²) in [5, 5.41) is 9.36. The third-order valence-electron chi connectivity index (χ3n) is 2.83. The van der Waals surface area contributed by atoms with Crippen molar-refractivity contribution in [2.45, 2.75) is 44.2 Å². The Labute approximate surface area is 123 Å². The van der Waals surface area contributed by atoms with Gasteiger partial charge in [0.25, 0.3) is 0 Å². The molecule has 0 aromatic heterocycles. The number of aliphatic hydroxyl groups is 1. The Morgan fingerprint density at radius 2 is 1.89 bits per heavy atom. The van der Waals surface area contributed by atoms with E-state index in [0.717, 1.165) is 0 Å². The molecule has 7 heteroatoms. The van der Waals surface area contributed by atoms with E-state index in [-0.39, 0.29) is 27.1 Å². The predicted octanol–water partition coefficient (Wildman–Crippen LogP) is 2.95. The number of sulfonamides is 1. The molecule has 0 aliphatic rings. The minimum atomic E-state index is -3.79. The van der Waals surface area contributed by atoms with Gasteiger partial charge in [0.1, 0.15) is 4.90 Å². The van der Waals surface area contributed by atoms with Crippen LogP contribution in [0.5, 0.6) is 0 Å². The molecule has 0 saturated heterocycles. The van der Waals surface area contributed by atoms with Crippen LogP contribution in [-0.2, 0) is 16.6 Å². The monoisotopic (exact) mass is 325 g/mol. The SMILES string of the molecule is CCC(C)(C)NS(=O)(=O)c1cc(Cl)cc(CO)c1Cl. The number of hydrogen-bond donors (Lipinski definition) is 2. The van der Waals surface area contributed by atoms with Crippen LogP contribution in [0.15, 0.2) is 17.0 Å². The first-order chi connectivity index (χ1) is 8.63. The summed E-state index contributed by atoms with van der Waals surface area (Å²) >= 11 is 11.8. The lowest BCUT2D eigenvalue weighted by atomic mass is 10.0. The molecule has 4 nitrogen and oxygen atoms in total. The van der Waals surface area contributed by atoms with Gasteiger partial charge in [-0.25, -0.2) is 13.1 Å². The van der Waals surface area contributed by atoms with Crippen molar-refractivity contribution in [3.63, 3.8) is 0 Å². The van der Waals surface area contributed by atoms with E-state index in [1.165, 1.54) is 12.1 Å². The van der Waals surface area contributed by atoms with Gasteiger partial charge < -0.3 is 5.11 Å². The van der Waals surface area contributed by atoms with Crippen molar-refractivity contribution in [3.05, 3.63) is 27.7 Å². The predicted molar refractivity (Wildman–Crippen MR) is 77.1 cm³/mol. The van der Waals surface area contributed by atoms with E-state index in [2.05, 4.69) is 4.72 Å². The van der Waals surface area contributed by atoms with Crippen molar-refractivity contribution >= 4 is 33.2 Å². The summed E-state index contributed by atoms with van der Waals surface area (Å²) in [5.41, 5.74) is -0.312. The molecule has 2 N–H and O–H groups in total. The number of halogens is 2. The molecule has 1 aromatic rings. The smallest absolute Gasteiger partial charge is 0.242 e. The highest BCUT2D eigenvalue weighted by atomic mass is 35.5. The lowest BCUT2D eigenvalue weighted by Gasteiger charge is -2.24. The molecular weight excluding hydrogens is 309 g/mol. The highest BCUT2D eigenvalue weighted by Crippen LogP contribution is 2.30. The first-order valence-corrected chi connectivity index (χ1v) is 7.99. The fourth-order valence-corrected chi connectivity index (χ4v) is 3.83. The highest BCUT2D eigenvalue weighted by Gasteiger charge is 2.27. The summed E-state index contributed by atoms with van der Waals surface area (Å²) in [6, 6.07) is 2.71. The minimum Gasteiger partial charge on any atom is -0.392 e. The van der Waals surface area contributed by atoms with Gasteiger partial charge >= 0.3 is 0 Å². The van der Waals surface area contributed by atoms with E-state index in [0.29, 0.717) is 6.42 Å². The Balaban J connectivity index is 3.33. The van der Waals surface area contributed by atoms with E-state index < -0.39 is 15.6 Å². The summed E-state index contributed by atoms with van der Waals surface area (Å²) in [7, 11) is -3.79. The van der Waals surface area contributed by atoms with E-state index in [1.54, 1.807) is 13.8 Å². The van der Waals surface area contributed by atoms with Gasteiger partial charge in [0.05, 0.1) is 11.6 Å². The van der Waals surface area contributed by atoms with Crippen LogP contribution in [-0.4, -0.2) is 19.1 Å². The molecule has 0 spiro atoms. The number of nitrogens with one attached hydrogen (secondary N) is 1. The van der Waals surface area contributed by atoms with Crippen LogP contribution in [0.25, 0.3) is 0 Å². The van der Waals surface area contributed by atoms with Crippen molar-refractivity contribution in [1.29, 1.82) is 0 Å². The molecule has 0 radical (unpaired) electrons. The van der Waals surface area contributed by atoms with Crippen LogP contribution in [0.1, 0.15) is 32.8 Å². The van der Waals surface area contributed by atoms with Gasteiger partial charge in [-0.3, -0.25) is 0 Å². The van der Waals surface area contributed by atoms with Crippen molar-refractivity contribution in [2.75, 3.05) is 0 Å². The third-order valence-corrected chi connectivity index (χ3v) is 5.33. The number of rotatable bonds is 5. The molecule has 1 rings (SSSR count). The van der Waals surface area contributed by atoms with Crippen LogP contribution in [0, 0.1) is 0 Å². The molecule has 0 saturated carbocycles. The molecule has 0 atom stereocenters. The molecular formula is C12H17Cl2NO3S. The first-order valence-electron chi connectivity index (χ1n) is 5.75. The highest BCUT2D eigenvalue weighted by molar-refractivity contribution is 7.89. The molecule has 0 amide bonds. The molecule has 0 unspecified atom stereocenters. The molecule has 19 heavy (non-hydrogen) atoms. The second-order valence-corrected chi connectivity index (χ2v) is 7.34. The Kier molecular flexibility index (Phi) is 5.26. The van der Waals surface area contributed by atoms with E-state index in [4.69, 9.17) is 28.3 Å². The Morgan fingerprint density at radius 1 is 1.32 bits per heavy atom. The fourth-order valence-electron chi connectivity index (χ4n) is 1.42. The summed E-state index contributed by atoms with van der Waals surface area (Å²) in [6.45, 7) is 5.05. The van der Waals surface area contributed by atoms with Crippen LogP contribution < -0.4 is 4.72 Å². The van der Waals surface area contributed by atoms with Crippen LogP contribution in [0.4, 0.5) is 0 Å². The van der Waals surface area contributed by atoms with Crippen LogP contribution in [0.2, 0.25) is 10.0 Å². The third kappa shape index (κ3) is 4.07. The Bertz CT molecular complexity index is 571. The van der Waals surface area contributed by atoms with Crippen molar-refractivity contribution < 1.29 is 13.5 Å². The molecule has 108 valence electrons. The number of benzene rings is 1. The molecule has 0 fully saturated rings. The summed E-state index contributed by atoms with van der Waals surface area (Å²) in [5.74, 6) is 0. The zero-order valence-electron chi connectivity index (χ0n) is 11.0. The number of hydrogen-bond acceptors (Lipinski definition) is 3. The molecule has 0 aliphatic carbocycles. The topological polar surface area (TPSA) is 66.4 Å². The van der Waals surface area contributed by atoms with Gasteiger partial charge in [0.15, 0.2) is 0 Å². The average molecular weight is 326 g/mol. The van der Waals surface area contributed by atoms with Crippen LogP contribution >= 0.6 is 23.2 Å². The molecule has 0 bridgehead atoms. The van der Waals surface area contributed by atoms with Crippen LogP contribution in [0.3, 0.4) is 0 Å². The Morgan fingerprint density at radius 3 is 2.37 bits per heavy atom. The van der Waals surface area contributed by atoms with Gasteiger partial charge in [-0.1, -0.05) is 30.1 Å². The van der Waals surface area contributed by atoms with Crippen molar-refractivity contribution in [2.24, 2.45) is 0 Å². The van der Waals surface area contributed by atoms with Gasteiger partial charge in [0, 0.05) is 10.6 Å². The lowest BCUT2D eigenvalue weighted by Crippen LogP contribution is -2.42. The van der Waals surface area contributed by atoms with E-state index >= 15 is 0 Å². The second-order valence-electron chi connectivity index (χ2n) is 4.88. The van der Waals surface area contributed by atoms with E-state index in [1.807, 2.05) is 6.92 Å². The minimum absolute atomic E-state index is 0.00805. The maximum Gasteiger partial charge on any atom is 0.242 e. The fraction of sp³-hybridized carbons (Fsp3) is 0.500. The van der Waals surface area contributed by atoms with Crippen molar-refractivity contribution in [1.82, 2.24) is 4.72 Å². The zero-order chi connectivity index (χ0) is 14.8. The van der Waals surface area contributed by atoms with Crippen molar-refractivity contribution in [3.8, 4) is 0 Å². The van der Waals surface area contributed by atoms with Gasteiger partial charge in [0.2, 0.25) is 10.0 Å². The standard InChI is InChI=1S/C12H17Cl2NO3S/c1-4-12(2,3)15-19(17,18)10-6-9(13)5-8(7-16)11(10)14/h5-6,15-16H,4,7H2,1-3H3. The maximum absolute atomic E-state index is 12.3. The van der Waals surface area contributed by atoms with E-state index in [9.17, 15) is 8.42 Å². The molecule has 0 aliphatic heterocycles. The largest absolute Gasteiger partial charge is 0.392 e. The Hall–Kier alpha value is -0.330. The average Bonchev–Trinajstić information content (AvgIpc) is 2.30. The zero-order valence-corrected chi connectivity index (χ0v) is 13.3. The summed E-state index contributed by atoms with van der Waals surface area (Å²) in [4.78, 5) is -0.118. The summed E-state index contributed by atoms with van der Waals surface area (Å²) < 4.78 is 27.2. The maximum atomic E-state index is 12.3. The normalized spacial score (nSPS) is 12.7. The van der Waals surface area contributed by atoms with Gasteiger partial charge in [-0.2, -0.15) is 0 Å².